The maximum atomic E-state index is 11.0. The molecule has 0 unspecified atom stereocenters. The molecule has 122 valence electrons. The Morgan fingerprint density at radius 1 is 1.08 bits per heavy atom. The molecular weight excluding hydrogens is 298 g/mol. The largest absolute Gasteiger partial charge is 0.478 e. The van der Waals surface area contributed by atoms with Crippen LogP contribution in [0, 0.1) is 13.8 Å². The summed E-state index contributed by atoms with van der Waals surface area (Å²) < 4.78 is 2.11. The highest BCUT2D eigenvalue weighted by Gasteiger charge is 2.09. The van der Waals surface area contributed by atoms with Crippen molar-refractivity contribution in [3.05, 3.63) is 64.9 Å². The second kappa shape index (κ2) is 6.00. The number of hydrogen-bond donors (Lipinski definition) is 1. The Balaban J connectivity index is 2.09. The first-order valence-corrected chi connectivity index (χ1v) is 7.95. The number of benzene rings is 2. The van der Waals surface area contributed by atoms with Gasteiger partial charge in [-0.25, -0.2) is 4.79 Å². The van der Waals surface area contributed by atoms with E-state index in [1.54, 1.807) is 13.0 Å². The molecule has 0 saturated heterocycles. The number of aromatic nitrogens is 1. The van der Waals surface area contributed by atoms with Gasteiger partial charge in [0.15, 0.2) is 0 Å². The number of aliphatic carboxylic acids is 1. The second-order valence-electron chi connectivity index (χ2n) is 6.36. The Kier molecular flexibility index (Phi) is 4.02. The SMILES string of the molecule is C/C(=C\c1cc(C)c(-c2ccc3c(ccn3C)c2)cc1C)C(=O)O. The molecule has 3 heteroatoms. The van der Waals surface area contributed by atoms with Crippen molar-refractivity contribution in [3.63, 3.8) is 0 Å². The van der Waals surface area contributed by atoms with E-state index in [1.165, 1.54) is 22.0 Å². The quantitative estimate of drug-likeness (QED) is 0.694. The Labute approximate surface area is 141 Å². The fourth-order valence-electron chi connectivity index (χ4n) is 3.05. The first-order chi connectivity index (χ1) is 11.4. The Morgan fingerprint density at radius 2 is 1.83 bits per heavy atom. The molecule has 0 fully saturated rings. The van der Waals surface area contributed by atoms with E-state index in [2.05, 4.69) is 54.1 Å². The van der Waals surface area contributed by atoms with Crippen LogP contribution in [0.3, 0.4) is 0 Å². The van der Waals surface area contributed by atoms with Crippen LogP contribution in [0.25, 0.3) is 28.1 Å². The van der Waals surface area contributed by atoms with E-state index in [1.807, 2.05) is 14.0 Å². The third kappa shape index (κ3) is 2.85. The lowest BCUT2D eigenvalue weighted by atomic mass is 9.93. The molecule has 0 aliphatic rings. The summed E-state index contributed by atoms with van der Waals surface area (Å²) in [6, 6.07) is 12.8. The minimum atomic E-state index is -0.884. The van der Waals surface area contributed by atoms with Crippen molar-refractivity contribution in [2.75, 3.05) is 0 Å². The number of fused-ring (bicyclic) bond motifs is 1. The summed E-state index contributed by atoms with van der Waals surface area (Å²) >= 11 is 0. The normalized spacial score (nSPS) is 11.9. The standard InChI is InChI=1S/C21H21NO2/c1-13-11-19(14(2)9-18(13)10-15(3)21(23)24)16-5-6-20-17(12-16)7-8-22(20)4/h5-12H,1-4H3,(H,23,24)/b15-10+. The van der Waals surface area contributed by atoms with Gasteiger partial charge in [0.2, 0.25) is 0 Å². The van der Waals surface area contributed by atoms with Crippen molar-refractivity contribution in [2.45, 2.75) is 20.8 Å². The molecule has 0 amide bonds. The number of carboxylic acid groups (broad SMARTS) is 1. The van der Waals surface area contributed by atoms with Gasteiger partial charge in [0.05, 0.1) is 0 Å². The molecular formula is C21H21NO2. The van der Waals surface area contributed by atoms with Crippen LogP contribution >= 0.6 is 0 Å². The van der Waals surface area contributed by atoms with Gasteiger partial charge in [-0.05, 0) is 72.9 Å². The zero-order chi connectivity index (χ0) is 17.4. The van der Waals surface area contributed by atoms with Gasteiger partial charge in [-0.2, -0.15) is 0 Å². The predicted molar refractivity (Wildman–Crippen MR) is 99.1 cm³/mol. The first kappa shape index (κ1) is 16.1. The molecule has 3 rings (SSSR count). The van der Waals surface area contributed by atoms with Crippen molar-refractivity contribution in [1.82, 2.24) is 4.57 Å². The van der Waals surface area contributed by atoms with Crippen LogP contribution in [0.2, 0.25) is 0 Å². The van der Waals surface area contributed by atoms with Gasteiger partial charge >= 0.3 is 5.97 Å². The zero-order valence-electron chi connectivity index (χ0n) is 14.4. The molecule has 0 atom stereocenters. The van der Waals surface area contributed by atoms with Gasteiger partial charge in [-0.1, -0.05) is 18.2 Å². The average molecular weight is 319 g/mol. The summed E-state index contributed by atoms with van der Waals surface area (Å²) in [5, 5.41) is 10.3. The molecule has 1 heterocycles. The highest BCUT2D eigenvalue weighted by Crippen LogP contribution is 2.30. The fraction of sp³-hybridized carbons (Fsp3) is 0.190. The van der Waals surface area contributed by atoms with Crippen LogP contribution in [0.15, 0.2) is 48.2 Å². The highest BCUT2D eigenvalue weighted by atomic mass is 16.4. The maximum absolute atomic E-state index is 11.0. The number of hydrogen-bond acceptors (Lipinski definition) is 1. The summed E-state index contributed by atoms with van der Waals surface area (Å²) in [7, 11) is 2.04. The van der Waals surface area contributed by atoms with E-state index >= 15 is 0 Å². The van der Waals surface area contributed by atoms with Crippen LogP contribution in [-0.2, 0) is 11.8 Å². The molecule has 3 nitrogen and oxygen atoms in total. The van der Waals surface area contributed by atoms with Crippen molar-refractivity contribution in [2.24, 2.45) is 7.05 Å². The van der Waals surface area contributed by atoms with Crippen molar-refractivity contribution < 1.29 is 9.90 Å². The monoisotopic (exact) mass is 319 g/mol. The number of rotatable bonds is 3. The molecule has 0 saturated carbocycles. The smallest absolute Gasteiger partial charge is 0.331 e. The molecule has 3 aromatic rings. The first-order valence-electron chi connectivity index (χ1n) is 7.95. The summed E-state index contributed by atoms with van der Waals surface area (Å²) in [6.07, 6.45) is 3.80. The van der Waals surface area contributed by atoms with Gasteiger partial charge in [-0.3, -0.25) is 0 Å². The van der Waals surface area contributed by atoms with E-state index < -0.39 is 5.97 Å². The van der Waals surface area contributed by atoms with Crippen LogP contribution in [-0.4, -0.2) is 15.6 Å². The predicted octanol–water partition coefficient (Wildman–Crippen LogP) is 4.95. The van der Waals surface area contributed by atoms with E-state index in [0.717, 1.165) is 16.7 Å². The summed E-state index contributed by atoms with van der Waals surface area (Å²) in [5.74, 6) is -0.884. The summed E-state index contributed by atoms with van der Waals surface area (Å²) in [5.41, 5.74) is 7.09. The van der Waals surface area contributed by atoms with E-state index in [0.29, 0.717) is 5.57 Å². The molecule has 1 N–H and O–H groups in total. The number of carbonyl (C=O) groups is 1. The highest BCUT2D eigenvalue weighted by molar-refractivity contribution is 5.92. The zero-order valence-corrected chi connectivity index (χ0v) is 14.4. The Hall–Kier alpha value is -2.81. The van der Waals surface area contributed by atoms with Crippen LogP contribution < -0.4 is 0 Å². The topological polar surface area (TPSA) is 42.2 Å². The van der Waals surface area contributed by atoms with Crippen molar-refractivity contribution >= 4 is 22.9 Å². The minimum absolute atomic E-state index is 0.343. The van der Waals surface area contributed by atoms with Crippen molar-refractivity contribution in [3.8, 4) is 11.1 Å². The van der Waals surface area contributed by atoms with Gasteiger partial charge in [0.25, 0.3) is 0 Å². The number of nitrogens with zero attached hydrogens (tertiary/aromatic N) is 1. The van der Waals surface area contributed by atoms with E-state index in [4.69, 9.17) is 5.11 Å². The maximum Gasteiger partial charge on any atom is 0.331 e. The summed E-state index contributed by atoms with van der Waals surface area (Å²) in [6.45, 7) is 5.71. The molecule has 0 spiro atoms. The third-order valence-corrected chi connectivity index (χ3v) is 4.52. The van der Waals surface area contributed by atoms with Gasteiger partial charge in [-0.15, -0.1) is 0 Å². The van der Waals surface area contributed by atoms with Crippen molar-refractivity contribution in [1.29, 1.82) is 0 Å². The molecule has 0 bridgehead atoms. The Bertz CT molecular complexity index is 977. The lowest BCUT2D eigenvalue weighted by Crippen LogP contribution is -1.97. The molecule has 0 aliphatic heterocycles. The van der Waals surface area contributed by atoms with Gasteiger partial charge in [0.1, 0.15) is 0 Å². The molecule has 0 radical (unpaired) electrons. The fourth-order valence-corrected chi connectivity index (χ4v) is 3.05. The van der Waals surface area contributed by atoms with E-state index in [9.17, 15) is 4.79 Å². The Morgan fingerprint density at radius 3 is 2.54 bits per heavy atom. The number of carboxylic acids is 1. The van der Waals surface area contributed by atoms with Crippen LogP contribution in [0.4, 0.5) is 0 Å². The minimum Gasteiger partial charge on any atom is -0.478 e. The molecule has 24 heavy (non-hydrogen) atoms. The van der Waals surface area contributed by atoms with Gasteiger partial charge in [0, 0.05) is 29.7 Å². The van der Waals surface area contributed by atoms with E-state index in [-0.39, 0.29) is 0 Å². The van der Waals surface area contributed by atoms with Gasteiger partial charge < -0.3 is 9.67 Å². The third-order valence-electron chi connectivity index (χ3n) is 4.52. The van der Waals surface area contributed by atoms with Crippen LogP contribution in [0.1, 0.15) is 23.6 Å². The van der Waals surface area contributed by atoms with Crippen LogP contribution in [0.5, 0.6) is 0 Å². The summed E-state index contributed by atoms with van der Waals surface area (Å²) in [4.78, 5) is 11.0. The second-order valence-corrected chi connectivity index (χ2v) is 6.36. The molecule has 0 aliphatic carbocycles. The molecule has 2 aromatic carbocycles. The molecule has 1 aromatic heterocycles. The lowest BCUT2D eigenvalue weighted by molar-refractivity contribution is -0.132. The number of aryl methyl sites for hydroxylation is 3. The lowest BCUT2D eigenvalue weighted by Gasteiger charge is -2.11. The average Bonchev–Trinajstić information content (AvgIpc) is 2.91.